The molecule has 0 saturated carbocycles. The van der Waals surface area contributed by atoms with Crippen molar-refractivity contribution >= 4 is 17.2 Å². The molecule has 1 heterocycles. The normalized spacial score (nSPS) is 14.6. The van der Waals surface area contributed by atoms with Crippen LogP contribution in [0.2, 0.25) is 0 Å². The van der Waals surface area contributed by atoms with Crippen LogP contribution in [0.25, 0.3) is 0 Å². The molecule has 3 N–H and O–H groups in total. The van der Waals surface area contributed by atoms with Gasteiger partial charge in [-0.25, -0.2) is 4.98 Å². The lowest BCUT2D eigenvalue weighted by atomic mass is 10.2. The molecule has 0 bridgehead atoms. The van der Waals surface area contributed by atoms with E-state index in [0.717, 1.165) is 5.01 Å². The molecular weight excluding hydrogens is 214 g/mol. The number of amides is 1. The summed E-state index contributed by atoms with van der Waals surface area (Å²) >= 11 is 1.50. The lowest BCUT2D eigenvalue weighted by Crippen LogP contribution is -2.44. The summed E-state index contributed by atoms with van der Waals surface area (Å²) in [5.74, 6) is -0.223. The Labute approximate surface area is 92.6 Å². The van der Waals surface area contributed by atoms with E-state index in [9.17, 15) is 4.79 Å². The first-order chi connectivity index (χ1) is 7.15. The summed E-state index contributed by atoms with van der Waals surface area (Å²) in [5, 5.41) is 5.51. The van der Waals surface area contributed by atoms with E-state index >= 15 is 0 Å². The molecule has 0 fully saturated rings. The Morgan fingerprint density at radius 3 is 3.07 bits per heavy atom. The quantitative estimate of drug-likeness (QED) is 0.761. The van der Waals surface area contributed by atoms with Crippen molar-refractivity contribution < 1.29 is 9.53 Å². The van der Waals surface area contributed by atoms with Crippen LogP contribution in [-0.2, 0) is 9.53 Å². The van der Waals surface area contributed by atoms with E-state index in [0.29, 0.717) is 0 Å². The van der Waals surface area contributed by atoms with E-state index in [2.05, 4.69) is 10.3 Å². The second kappa shape index (κ2) is 5.79. The van der Waals surface area contributed by atoms with Gasteiger partial charge in [-0.3, -0.25) is 4.79 Å². The number of rotatable bonds is 5. The summed E-state index contributed by atoms with van der Waals surface area (Å²) in [5.41, 5.74) is 5.58. The zero-order chi connectivity index (χ0) is 11.3. The Morgan fingerprint density at radius 2 is 2.53 bits per heavy atom. The molecule has 5 nitrogen and oxygen atoms in total. The average molecular weight is 229 g/mol. The van der Waals surface area contributed by atoms with Crippen LogP contribution in [0.3, 0.4) is 0 Å². The smallest absolute Gasteiger partial charge is 0.239 e. The van der Waals surface area contributed by atoms with Gasteiger partial charge in [0.2, 0.25) is 5.91 Å². The minimum atomic E-state index is -0.627. The second-order valence-electron chi connectivity index (χ2n) is 3.16. The fraction of sp³-hybridized carbons (Fsp3) is 0.556. The van der Waals surface area contributed by atoms with Gasteiger partial charge in [0, 0.05) is 18.7 Å². The van der Waals surface area contributed by atoms with Crippen LogP contribution in [0.1, 0.15) is 18.0 Å². The van der Waals surface area contributed by atoms with Crippen LogP contribution in [-0.4, -0.2) is 30.6 Å². The Hall–Kier alpha value is -0.980. The van der Waals surface area contributed by atoms with Gasteiger partial charge in [-0.15, -0.1) is 11.3 Å². The van der Waals surface area contributed by atoms with Gasteiger partial charge < -0.3 is 15.8 Å². The molecule has 2 atom stereocenters. The van der Waals surface area contributed by atoms with Crippen molar-refractivity contribution in [3.8, 4) is 0 Å². The third-order valence-electron chi connectivity index (χ3n) is 1.86. The highest BCUT2D eigenvalue weighted by Gasteiger charge is 2.17. The Balaban J connectivity index is 2.44. The molecule has 2 unspecified atom stereocenters. The number of carbonyl (C=O) groups is 1. The van der Waals surface area contributed by atoms with Gasteiger partial charge in [-0.05, 0) is 6.92 Å². The summed E-state index contributed by atoms with van der Waals surface area (Å²) in [6.45, 7) is 2.09. The van der Waals surface area contributed by atoms with E-state index in [-0.39, 0.29) is 18.6 Å². The third kappa shape index (κ3) is 3.58. The summed E-state index contributed by atoms with van der Waals surface area (Å²) in [6.07, 6.45) is 1.71. The summed E-state index contributed by atoms with van der Waals surface area (Å²) in [7, 11) is 1.51. The summed E-state index contributed by atoms with van der Waals surface area (Å²) in [4.78, 5) is 15.6. The van der Waals surface area contributed by atoms with Crippen molar-refractivity contribution in [2.24, 2.45) is 5.73 Å². The third-order valence-corrected chi connectivity index (χ3v) is 2.82. The monoisotopic (exact) mass is 229 g/mol. The molecule has 0 saturated heterocycles. The zero-order valence-electron chi connectivity index (χ0n) is 8.77. The molecule has 0 aliphatic heterocycles. The number of ether oxygens (including phenoxy) is 1. The maximum absolute atomic E-state index is 11.5. The van der Waals surface area contributed by atoms with E-state index in [1.807, 2.05) is 12.3 Å². The van der Waals surface area contributed by atoms with E-state index < -0.39 is 6.04 Å². The van der Waals surface area contributed by atoms with E-state index in [4.69, 9.17) is 10.5 Å². The lowest BCUT2D eigenvalue weighted by molar-refractivity contribution is -0.124. The van der Waals surface area contributed by atoms with Gasteiger partial charge in [0.05, 0.1) is 12.6 Å². The number of nitrogens with two attached hydrogens (primary N) is 1. The van der Waals surface area contributed by atoms with Crippen molar-refractivity contribution in [2.75, 3.05) is 13.7 Å². The number of hydrogen-bond acceptors (Lipinski definition) is 5. The van der Waals surface area contributed by atoms with Crippen LogP contribution >= 0.6 is 11.3 Å². The van der Waals surface area contributed by atoms with Crippen molar-refractivity contribution in [2.45, 2.75) is 19.0 Å². The molecule has 0 aliphatic rings. The number of carbonyl (C=O) groups excluding carboxylic acids is 1. The highest BCUT2D eigenvalue weighted by Crippen LogP contribution is 2.14. The van der Waals surface area contributed by atoms with Gasteiger partial charge in [0.25, 0.3) is 0 Å². The standard InChI is InChI=1S/C9H15N3O2S/c1-6(9-11-3-4-15-9)12-8(13)7(10)5-14-2/h3-4,6-7H,5,10H2,1-2H3,(H,12,13). The van der Waals surface area contributed by atoms with Crippen LogP contribution in [0.15, 0.2) is 11.6 Å². The first kappa shape index (κ1) is 12.1. The second-order valence-corrected chi connectivity index (χ2v) is 4.09. The first-order valence-corrected chi connectivity index (χ1v) is 5.47. The molecule has 6 heteroatoms. The van der Waals surface area contributed by atoms with Crippen molar-refractivity contribution in [1.29, 1.82) is 0 Å². The minimum Gasteiger partial charge on any atom is -0.383 e. The molecule has 1 rings (SSSR count). The topological polar surface area (TPSA) is 77.2 Å². The number of methoxy groups -OCH3 is 1. The molecular formula is C9H15N3O2S. The minimum absolute atomic E-state index is 0.111. The molecule has 15 heavy (non-hydrogen) atoms. The SMILES string of the molecule is COCC(N)C(=O)NC(C)c1nccs1. The highest BCUT2D eigenvalue weighted by atomic mass is 32.1. The zero-order valence-corrected chi connectivity index (χ0v) is 9.58. The maximum Gasteiger partial charge on any atom is 0.239 e. The fourth-order valence-electron chi connectivity index (χ4n) is 1.09. The largest absolute Gasteiger partial charge is 0.383 e. The predicted octanol–water partition coefficient (Wildman–Crippen LogP) is 0.294. The Bertz CT molecular complexity index is 302. The van der Waals surface area contributed by atoms with Gasteiger partial charge in [-0.1, -0.05) is 0 Å². The van der Waals surface area contributed by atoms with Crippen LogP contribution in [0.4, 0.5) is 0 Å². The average Bonchev–Trinajstić information content (AvgIpc) is 2.70. The summed E-state index contributed by atoms with van der Waals surface area (Å²) < 4.78 is 4.80. The molecule has 1 aromatic rings. The van der Waals surface area contributed by atoms with E-state index in [1.54, 1.807) is 6.20 Å². The van der Waals surface area contributed by atoms with E-state index in [1.165, 1.54) is 18.4 Å². The molecule has 0 aromatic carbocycles. The molecule has 84 valence electrons. The van der Waals surface area contributed by atoms with Gasteiger partial charge >= 0.3 is 0 Å². The molecule has 1 amide bonds. The number of thiazole rings is 1. The Kier molecular flexibility index (Phi) is 4.67. The van der Waals surface area contributed by atoms with Crippen molar-refractivity contribution in [3.63, 3.8) is 0 Å². The molecule has 1 aromatic heterocycles. The van der Waals surface area contributed by atoms with Crippen LogP contribution in [0, 0.1) is 0 Å². The summed E-state index contributed by atoms with van der Waals surface area (Å²) in [6, 6.07) is -0.738. The van der Waals surface area contributed by atoms with Gasteiger partial charge in [0.1, 0.15) is 11.0 Å². The number of nitrogens with one attached hydrogen (secondary N) is 1. The number of aromatic nitrogens is 1. The first-order valence-electron chi connectivity index (χ1n) is 4.59. The number of hydrogen-bond donors (Lipinski definition) is 2. The highest BCUT2D eigenvalue weighted by molar-refractivity contribution is 7.09. The predicted molar refractivity (Wildman–Crippen MR) is 58.5 cm³/mol. The Morgan fingerprint density at radius 1 is 1.80 bits per heavy atom. The van der Waals surface area contributed by atoms with Crippen molar-refractivity contribution in [3.05, 3.63) is 16.6 Å². The van der Waals surface area contributed by atoms with Gasteiger partial charge in [-0.2, -0.15) is 0 Å². The lowest BCUT2D eigenvalue weighted by Gasteiger charge is -2.15. The molecule has 0 radical (unpaired) electrons. The maximum atomic E-state index is 11.5. The number of nitrogens with zero attached hydrogens (tertiary/aromatic N) is 1. The molecule has 0 aliphatic carbocycles. The van der Waals surface area contributed by atoms with Crippen LogP contribution in [0.5, 0.6) is 0 Å². The molecule has 0 spiro atoms. The van der Waals surface area contributed by atoms with Crippen LogP contribution < -0.4 is 11.1 Å². The van der Waals surface area contributed by atoms with Gasteiger partial charge in [0.15, 0.2) is 0 Å². The fourth-order valence-corrected chi connectivity index (χ4v) is 1.73. The van der Waals surface area contributed by atoms with Crippen molar-refractivity contribution in [1.82, 2.24) is 10.3 Å².